The molecule has 0 nitrogen and oxygen atoms in total. The third-order valence-electron chi connectivity index (χ3n) is 7.22. The van der Waals surface area contributed by atoms with E-state index in [9.17, 15) is 4.39 Å². The van der Waals surface area contributed by atoms with Gasteiger partial charge in [-0.3, -0.25) is 0 Å². The van der Waals surface area contributed by atoms with Gasteiger partial charge in [0.25, 0.3) is 0 Å². The first kappa shape index (κ1) is 22.6. The Labute approximate surface area is 183 Å². The number of halogens is 1. The zero-order chi connectivity index (χ0) is 21.5. The zero-order valence-corrected chi connectivity index (χ0v) is 19.2. The van der Waals surface area contributed by atoms with E-state index in [1.165, 1.54) is 44.1 Å². The van der Waals surface area contributed by atoms with Gasteiger partial charge in [0.15, 0.2) is 0 Å². The first-order chi connectivity index (χ1) is 14.5. The van der Waals surface area contributed by atoms with Gasteiger partial charge in [-0.25, -0.2) is 4.39 Å². The number of hydrogen-bond donors (Lipinski definition) is 0. The molecule has 0 spiro atoms. The SMILES string of the molecule is CCCC(C)C1CCC(c2ccc(C#Cc3ccc(C(C)CC)cc3)c(F)c2)CC1. The Balaban J connectivity index is 1.63. The Morgan fingerprint density at radius 2 is 1.63 bits per heavy atom. The summed E-state index contributed by atoms with van der Waals surface area (Å²) in [6, 6.07) is 14.1. The minimum atomic E-state index is -0.183. The van der Waals surface area contributed by atoms with Crippen LogP contribution in [0.1, 0.15) is 107 Å². The van der Waals surface area contributed by atoms with E-state index in [0.29, 0.717) is 17.4 Å². The molecule has 1 aliphatic rings. The van der Waals surface area contributed by atoms with Crippen LogP contribution in [0.2, 0.25) is 0 Å². The van der Waals surface area contributed by atoms with Gasteiger partial charge in [-0.1, -0.05) is 70.6 Å². The summed E-state index contributed by atoms with van der Waals surface area (Å²) in [5.74, 6) is 8.71. The smallest absolute Gasteiger partial charge is 0.139 e. The molecule has 160 valence electrons. The van der Waals surface area contributed by atoms with Crippen LogP contribution < -0.4 is 0 Å². The van der Waals surface area contributed by atoms with Gasteiger partial charge in [0.1, 0.15) is 5.82 Å². The Morgan fingerprint density at radius 1 is 0.933 bits per heavy atom. The van der Waals surface area contributed by atoms with Crippen LogP contribution in [-0.2, 0) is 0 Å². The lowest BCUT2D eigenvalue weighted by Crippen LogP contribution is -2.19. The van der Waals surface area contributed by atoms with Crippen LogP contribution in [0, 0.1) is 29.5 Å². The third kappa shape index (κ3) is 5.75. The molecule has 0 aliphatic heterocycles. The fourth-order valence-corrected chi connectivity index (χ4v) is 4.87. The first-order valence-corrected chi connectivity index (χ1v) is 11.9. The summed E-state index contributed by atoms with van der Waals surface area (Å²) in [7, 11) is 0. The molecule has 2 atom stereocenters. The number of benzene rings is 2. The van der Waals surface area contributed by atoms with Crippen molar-refractivity contribution in [3.05, 3.63) is 70.5 Å². The zero-order valence-electron chi connectivity index (χ0n) is 19.2. The van der Waals surface area contributed by atoms with Crippen LogP contribution in [0.15, 0.2) is 42.5 Å². The first-order valence-electron chi connectivity index (χ1n) is 11.9. The maximum absolute atomic E-state index is 14.7. The van der Waals surface area contributed by atoms with E-state index in [2.05, 4.69) is 57.7 Å². The molecule has 0 bridgehead atoms. The van der Waals surface area contributed by atoms with Crippen molar-refractivity contribution in [2.45, 2.75) is 84.5 Å². The minimum absolute atomic E-state index is 0.183. The lowest BCUT2D eigenvalue weighted by molar-refractivity contribution is 0.234. The molecule has 0 N–H and O–H groups in total. The van der Waals surface area contributed by atoms with Crippen LogP contribution in [0.25, 0.3) is 0 Å². The monoisotopic (exact) mass is 404 g/mol. The molecule has 0 aromatic heterocycles. The van der Waals surface area contributed by atoms with Crippen LogP contribution in [0.4, 0.5) is 4.39 Å². The highest BCUT2D eigenvalue weighted by molar-refractivity contribution is 5.45. The molecule has 1 heteroatoms. The van der Waals surface area contributed by atoms with Crippen molar-refractivity contribution in [2.75, 3.05) is 0 Å². The molecular formula is C29H37F. The minimum Gasteiger partial charge on any atom is -0.206 e. The fourth-order valence-electron chi connectivity index (χ4n) is 4.87. The molecular weight excluding hydrogens is 367 g/mol. The van der Waals surface area contributed by atoms with Crippen LogP contribution in [0.3, 0.4) is 0 Å². The Bertz CT molecular complexity index is 859. The van der Waals surface area contributed by atoms with Gasteiger partial charge in [-0.15, -0.1) is 0 Å². The summed E-state index contributed by atoms with van der Waals surface area (Å²) in [6.45, 7) is 9.11. The van der Waals surface area contributed by atoms with E-state index in [4.69, 9.17) is 0 Å². The molecule has 0 amide bonds. The maximum atomic E-state index is 14.7. The fraction of sp³-hybridized carbons (Fsp3) is 0.517. The van der Waals surface area contributed by atoms with E-state index in [0.717, 1.165) is 29.4 Å². The predicted octanol–water partition coefficient (Wildman–Crippen LogP) is 8.45. The van der Waals surface area contributed by atoms with Crippen molar-refractivity contribution in [2.24, 2.45) is 11.8 Å². The van der Waals surface area contributed by atoms with Crippen molar-refractivity contribution in [3.63, 3.8) is 0 Å². The van der Waals surface area contributed by atoms with Gasteiger partial charge in [0.05, 0.1) is 5.56 Å². The second-order valence-electron chi connectivity index (χ2n) is 9.30. The van der Waals surface area contributed by atoms with Crippen LogP contribution in [0.5, 0.6) is 0 Å². The van der Waals surface area contributed by atoms with Gasteiger partial charge in [-0.05, 0) is 91.2 Å². The average molecular weight is 405 g/mol. The Morgan fingerprint density at radius 3 is 2.23 bits per heavy atom. The number of hydrogen-bond acceptors (Lipinski definition) is 0. The Hall–Kier alpha value is -2.07. The standard InChI is InChI=1S/C29H37F/c1-5-7-22(4)25-14-16-26(17-15-25)28-19-18-27(29(30)20-28)13-10-23-8-11-24(12-9-23)21(3)6-2/h8-9,11-12,18-22,25-26H,5-7,14-17H2,1-4H3. The highest BCUT2D eigenvalue weighted by Gasteiger charge is 2.26. The molecule has 1 fully saturated rings. The Kier molecular flexibility index (Phi) is 8.15. The maximum Gasteiger partial charge on any atom is 0.139 e. The van der Waals surface area contributed by atoms with Gasteiger partial charge < -0.3 is 0 Å². The van der Waals surface area contributed by atoms with E-state index in [1.54, 1.807) is 6.07 Å². The molecule has 0 saturated heterocycles. The van der Waals surface area contributed by atoms with E-state index < -0.39 is 0 Å². The molecule has 0 heterocycles. The topological polar surface area (TPSA) is 0 Å². The molecule has 3 rings (SSSR count). The van der Waals surface area contributed by atoms with Crippen molar-refractivity contribution >= 4 is 0 Å². The molecule has 1 aliphatic carbocycles. The molecule has 2 aromatic carbocycles. The van der Waals surface area contributed by atoms with Crippen LogP contribution in [-0.4, -0.2) is 0 Å². The molecule has 1 saturated carbocycles. The van der Waals surface area contributed by atoms with Crippen molar-refractivity contribution in [1.29, 1.82) is 0 Å². The largest absolute Gasteiger partial charge is 0.206 e. The normalized spacial score (nSPS) is 20.8. The molecule has 2 unspecified atom stereocenters. The van der Waals surface area contributed by atoms with Gasteiger partial charge >= 0.3 is 0 Å². The van der Waals surface area contributed by atoms with Gasteiger partial charge in [-0.2, -0.15) is 0 Å². The van der Waals surface area contributed by atoms with E-state index in [-0.39, 0.29) is 5.82 Å². The second-order valence-corrected chi connectivity index (χ2v) is 9.30. The summed E-state index contributed by atoms with van der Waals surface area (Å²) >= 11 is 0. The van der Waals surface area contributed by atoms with Crippen molar-refractivity contribution < 1.29 is 4.39 Å². The lowest BCUT2D eigenvalue weighted by atomic mass is 9.73. The second kappa shape index (κ2) is 10.8. The van der Waals surface area contributed by atoms with E-state index in [1.807, 2.05) is 18.2 Å². The van der Waals surface area contributed by atoms with Crippen LogP contribution >= 0.6 is 0 Å². The average Bonchev–Trinajstić information content (AvgIpc) is 2.78. The quantitative estimate of drug-likeness (QED) is 0.424. The van der Waals surface area contributed by atoms with E-state index >= 15 is 0 Å². The molecule has 0 radical (unpaired) electrons. The molecule has 2 aromatic rings. The summed E-state index contributed by atoms with van der Waals surface area (Å²) in [5.41, 5.74) is 3.91. The predicted molar refractivity (Wildman–Crippen MR) is 126 cm³/mol. The molecule has 30 heavy (non-hydrogen) atoms. The highest BCUT2D eigenvalue weighted by atomic mass is 19.1. The van der Waals surface area contributed by atoms with Gasteiger partial charge in [0.2, 0.25) is 0 Å². The lowest BCUT2D eigenvalue weighted by Gasteiger charge is -2.32. The summed E-state index contributed by atoms with van der Waals surface area (Å²) in [6.07, 6.45) is 8.66. The third-order valence-corrected chi connectivity index (χ3v) is 7.22. The van der Waals surface area contributed by atoms with Gasteiger partial charge in [0, 0.05) is 5.56 Å². The highest BCUT2D eigenvalue weighted by Crippen LogP contribution is 2.40. The number of rotatable bonds is 6. The summed E-state index contributed by atoms with van der Waals surface area (Å²) in [5, 5.41) is 0. The van der Waals surface area contributed by atoms with Crippen molar-refractivity contribution in [1.82, 2.24) is 0 Å². The summed E-state index contributed by atoms with van der Waals surface area (Å²) < 4.78 is 14.7. The summed E-state index contributed by atoms with van der Waals surface area (Å²) in [4.78, 5) is 0. The van der Waals surface area contributed by atoms with Crippen molar-refractivity contribution in [3.8, 4) is 11.8 Å².